The fourth-order valence-corrected chi connectivity index (χ4v) is 5.00. The van der Waals surface area contributed by atoms with Crippen LogP contribution in [0.2, 0.25) is 0 Å². The zero-order valence-electron chi connectivity index (χ0n) is 18.7. The van der Waals surface area contributed by atoms with Gasteiger partial charge in [-0.1, -0.05) is 78.9 Å². The molecule has 2 amide bonds. The molecule has 2 saturated heterocycles. The predicted molar refractivity (Wildman–Crippen MR) is 125 cm³/mol. The largest absolute Gasteiger partial charge is 0.467 e. The average molecular weight is 456 g/mol. The van der Waals surface area contributed by atoms with Crippen LogP contribution in [0.3, 0.4) is 0 Å². The summed E-state index contributed by atoms with van der Waals surface area (Å²) in [6, 6.07) is 25.8. The number of carbonyl (C=O) groups excluding carboxylic acids is 3. The first-order chi connectivity index (χ1) is 16.6. The normalized spacial score (nSPS) is 24.0. The van der Waals surface area contributed by atoms with Crippen molar-refractivity contribution in [1.29, 1.82) is 0 Å². The second-order valence-electron chi connectivity index (χ2n) is 8.44. The van der Waals surface area contributed by atoms with Crippen molar-refractivity contribution in [3.8, 4) is 0 Å². The highest BCUT2D eigenvalue weighted by molar-refractivity contribution is 5.99. The number of amides is 2. The van der Waals surface area contributed by atoms with E-state index in [1.165, 1.54) is 12.1 Å². The molecule has 0 bridgehead atoms. The van der Waals surface area contributed by atoms with E-state index >= 15 is 0 Å². The number of rotatable bonds is 5. The van der Waals surface area contributed by atoms with Gasteiger partial charge in [-0.25, -0.2) is 9.80 Å². The third-order valence-electron chi connectivity index (χ3n) is 6.52. The summed E-state index contributed by atoms with van der Waals surface area (Å²) in [6.45, 7) is 0. The van der Waals surface area contributed by atoms with Crippen LogP contribution < -0.4 is 5.32 Å². The predicted octanol–water partition coefficient (Wildman–Crippen LogP) is 3.27. The molecular formula is C27H25N3O4. The lowest BCUT2D eigenvalue weighted by atomic mass is 9.94. The number of esters is 1. The van der Waals surface area contributed by atoms with Gasteiger partial charge in [0.2, 0.25) is 0 Å². The Bertz CT molecular complexity index is 1190. The van der Waals surface area contributed by atoms with Gasteiger partial charge in [-0.2, -0.15) is 0 Å². The van der Waals surface area contributed by atoms with E-state index in [9.17, 15) is 14.4 Å². The molecule has 3 aromatic carbocycles. The minimum atomic E-state index is -0.867. The van der Waals surface area contributed by atoms with Crippen molar-refractivity contribution in [2.45, 2.75) is 30.6 Å². The van der Waals surface area contributed by atoms with E-state index in [1.54, 1.807) is 24.3 Å². The van der Waals surface area contributed by atoms with Gasteiger partial charge in [0.05, 0.1) is 19.2 Å². The van der Waals surface area contributed by atoms with Gasteiger partial charge in [0.1, 0.15) is 12.1 Å². The molecule has 3 aromatic rings. The molecule has 2 fully saturated rings. The quantitative estimate of drug-likeness (QED) is 0.598. The Kier molecular flexibility index (Phi) is 5.86. The molecule has 2 aliphatic heterocycles. The molecular weight excluding hydrogens is 430 g/mol. The smallest absolute Gasteiger partial charge is 0.330 e. The van der Waals surface area contributed by atoms with Gasteiger partial charge in [0.25, 0.3) is 11.8 Å². The average Bonchev–Trinajstić information content (AvgIpc) is 3.41. The monoisotopic (exact) mass is 455 g/mol. The number of nitrogens with one attached hydrogen (secondary N) is 1. The second kappa shape index (κ2) is 9.11. The SMILES string of the molecule is COC(=O)[C@@H]1C[C@@H](c2ccccc2)N2[C@@H](c3ccccc3)[C@H](NC(=O)c3ccccc3)C(=O)N12. The highest BCUT2D eigenvalue weighted by Crippen LogP contribution is 2.48. The maximum absolute atomic E-state index is 13.8. The second-order valence-corrected chi connectivity index (χ2v) is 8.44. The summed E-state index contributed by atoms with van der Waals surface area (Å²) in [5, 5.41) is 6.39. The Morgan fingerprint density at radius 1 is 0.853 bits per heavy atom. The van der Waals surface area contributed by atoms with Crippen molar-refractivity contribution in [2.24, 2.45) is 0 Å². The molecule has 7 nitrogen and oxygen atoms in total. The van der Waals surface area contributed by atoms with Crippen molar-refractivity contribution < 1.29 is 19.1 Å². The third-order valence-corrected chi connectivity index (χ3v) is 6.52. The number of hydrogen-bond acceptors (Lipinski definition) is 5. The lowest BCUT2D eigenvalue weighted by molar-refractivity contribution is -0.157. The summed E-state index contributed by atoms with van der Waals surface area (Å²) in [6.07, 6.45) is 0.408. The van der Waals surface area contributed by atoms with Crippen LogP contribution in [0, 0.1) is 0 Å². The summed E-state index contributed by atoms with van der Waals surface area (Å²) < 4.78 is 5.05. The summed E-state index contributed by atoms with van der Waals surface area (Å²) in [5.74, 6) is -1.14. The standard InChI is InChI=1S/C27H25N3O4/c1-34-27(33)22-17-21(18-11-5-2-6-12-18)29-24(19-13-7-3-8-14-19)23(26(32)30(22)29)28-25(31)20-15-9-4-10-16-20/h2-16,21-24H,17H2,1H3,(H,28,31)/t21-,22-,23-,24-/m0/s1. The van der Waals surface area contributed by atoms with Gasteiger partial charge >= 0.3 is 5.97 Å². The molecule has 0 unspecified atom stereocenters. The highest BCUT2D eigenvalue weighted by Gasteiger charge is 2.59. The fraction of sp³-hybridized carbons (Fsp3) is 0.222. The maximum atomic E-state index is 13.8. The number of hydrazine groups is 1. The van der Waals surface area contributed by atoms with E-state index in [0.717, 1.165) is 11.1 Å². The van der Waals surface area contributed by atoms with Gasteiger partial charge in [0.15, 0.2) is 0 Å². The van der Waals surface area contributed by atoms with Crippen molar-refractivity contribution in [1.82, 2.24) is 15.3 Å². The molecule has 0 saturated carbocycles. The molecule has 2 aliphatic rings. The van der Waals surface area contributed by atoms with Crippen molar-refractivity contribution in [2.75, 3.05) is 7.11 Å². The highest BCUT2D eigenvalue weighted by atomic mass is 16.5. The molecule has 0 spiro atoms. The molecule has 0 radical (unpaired) electrons. The van der Waals surface area contributed by atoms with Crippen LogP contribution in [0.1, 0.15) is 40.0 Å². The molecule has 4 atom stereocenters. The van der Waals surface area contributed by atoms with Crippen LogP contribution in [0.5, 0.6) is 0 Å². The van der Waals surface area contributed by atoms with Crippen LogP contribution in [0.25, 0.3) is 0 Å². The summed E-state index contributed by atoms with van der Waals surface area (Å²) >= 11 is 0. The zero-order valence-corrected chi connectivity index (χ0v) is 18.7. The summed E-state index contributed by atoms with van der Waals surface area (Å²) in [5.41, 5.74) is 2.33. The van der Waals surface area contributed by atoms with E-state index in [-0.39, 0.29) is 17.9 Å². The molecule has 0 aromatic heterocycles. The first-order valence-electron chi connectivity index (χ1n) is 11.2. The van der Waals surface area contributed by atoms with Gasteiger partial charge in [-0.15, -0.1) is 0 Å². The van der Waals surface area contributed by atoms with Gasteiger partial charge in [-0.3, -0.25) is 14.6 Å². The number of fused-ring (bicyclic) bond motifs is 1. The van der Waals surface area contributed by atoms with Crippen LogP contribution >= 0.6 is 0 Å². The molecule has 34 heavy (non-hydrogen) atoms. The number of methoxy groups -OCH3 is 1. The number of benzene rings is 3. The summed E-state index contributed by atoms with van der Waals surface area (Å²) in [4.78, 5) is 39.6. The topological polar surface area (TPSA) is 79.0 Å². The van der Waals surface area contributed by atoms with E-state index in [4.69, 9.17) is 4.74 Å². The minimum absolute atomic E-state index is 0.238. The molecule has 5 rings (SSSR count). The molecule has 7 heteroatoms. The van der Waals surface area contributed by atoms with Crippen LogP contribution in [-0.2, 0) is 14.3 Å². The third kappa shape index (κ3) is 3.74. The van der Waals surface area contributed by atoms with Gasteiger partial charge < -0.3 is 10.1 Å². The Morgan fingerprint density at radius 3 is 2.00 bits per heavy atom. The maximum Gasteiger partial charge on any atom is 0.330 e. The molecule has 2 heterocycles. The van der Waals surface area contributed by atoms with Crippen molar-refractivity contribution in [3.63, 3.8) is 0 Å². The zero-order chi connectivity index (χ0) is 23.7. The lowest BCUT2D eigenvalue weighted by Gasteiger charge is -2.32. The van der Waals surface area contributed by atoms with Crippen molar-refractivity contribution in [3.05, 3.63) is 108 Å². The Balaban J connectivity index is 1.59. The Morgan fingerprint density at radius 2 is 1.41 bits per heavy atom. The molecule has 0 aliphatic carbocycles. The van der Waals surface area contributed by atoms with E-state index in [0.29, 0.717) is 12.0 Å². The first-order valence-corrected chi connectivity index (χ1v) is 11.2. The van der Waals surface area contributed by atoms with E-state index in [1.807, 2.05) is 71.7 Å². The van der Waals surface area contributed by atoms with E-state index < -0.39 is 24.1 Å². The number of ether oxygens (including phenoxy) is 1. The number of carbonyl (C=O) groups is 3. The van der Waals surface area contributed by atoms with Gasteiger partial charge in [0, 0.05) is 12.0 Å². The summed E-state index contributed by atoms with van der Waals surface area (Å²) in [7, 11) is 1.33. The van der Waals surface area contributed by atoms with Gasteiger partial charge in [-0.05, 0) is 23.3 Å². The first kappa shape index (κ1) is 21.9. The minimum Gasteiger partial charge on any atom is -0.467 e. The lowest BCUT2D eigenvalue weighted by Crippen LogP contribution is -2.47. The van der Waals surface area contributed by atoms with E-state index in [2.05, 4.69) is 5.32 Å². The Hall–Kier alpha value is -3.97. The Labute approximate surface area is 197 Å². The number of nitrogens with zero attached hydrogens (tertiary/aromatic N) is 2. The van der Waals surface area contributed by atoms with Crippen LogP contribution in [0.4, 0.5) is 0 Å². The van der Waals surface area contributed by atoms with Crippen LogP contribution in [-0.4, -0.2) is 47.0 Å². The molecule has 172 valence electrons. The van der Waals surface area contributed by atoms with Crippen LogP contribution in [0.15, 0.2) is 91.0 Å². The number of hydrogen-bond donors (Lipinski definition) is 1. The van der Waals surface area contributed by atoms with Crippen molar-refractivity contribution >= 4 is 17.8 Å². The fourth-order valence-electron chi connectivity index (χ4n) is 5.00. The molecule has 1 N–H and O–H groups in total.